The largest absolute Gasteiger partial charge is 0.468 e. The van der Waals surface area contributed by atoms with Crippen molar-refractivity contribution in [2.24, 2.45) is 0 Å². The third-order valence-corrected chi connectivity index (χ3v) is 7.39. The molecule has 0 radical (unpaired) electrons. The second kappa shape index (κ2) is 12.5. The fourth-order valence-corrected chi connectivity index (χ4v) is 5.20. The molecule has 0 saturated carbocycles. The number of nitrogen functional groups attached to an aromatic ring is 1. The highest BCUT2D eigenvalue weighted by Gasteiger charge is 2.25. The van der Waals surface area contributed by atoms with Gasteiger partial charge in [-0.1, -0.05) is 90.6 Å². The topological polar surface area (TPSA) is 144 Å². The average Bonchev–Trinajstić information content (AvgIpc) is 3.45. The Morgan fingerprint density at radius 3 is 2.12 bits per heavy atom. The molecule has 0 unspecified atom stereocenters. The molecule has 0 aliphatic carbocycles. The molecule has 42 heavy (non-hydrogen) atoms. The summed E-state index contributed by atoms with van der Waals surface area (Å²) in [6, 6.07) is 27.9. The van der Waals surface area contributed by atoms with Crippen LogP contribution in [0.25, 0.3) is 17.1 Å². The van der Waals surface area contributed by atoms with Gasteiger partial charge in [0.1, 0.15) is 17.9 Å². The van der Waals surface area contributed by atoms with E-state index in [1.807, 2.05) is 71.3 Å². The van der Waals surface area contributed by atoms with Gasteiger partial charge in [0.25, 0.3) is 5.56 Å². The van der Waals surface area contributed by atoms with Crippen molar-refractivity contribution in [1.82, 2.24) is 23.9 Å². The van der Waals surface area contributed by atoms with Crippen LogP contribution in [0.4, 0.5) is 5.82 Å². The molecule has 3 aromatic carbocycles. The van der Waals surface area contributed by atoms with E-state index in [1.165, 1.54) is 0 Å². The minimum atomic E-state index is -0.965. The quantitative estimate of drug-likeness (QED) is 0.149. The average molecular weight is 583 g/mol. The smallest absolute Gasteiger partial charge is 0.333 e. The van der Waals surface area contributed by atoms with E-state index in [2.05, 4.69) is 14.9 Å². The van der Waals surface area contributed by atoms with E-state index in [9.17, 15) is 19.2 Å². The molecule has 0 spiro atoms. The standard InChI is InChI=1S/C30H26N6O5S/c1-41-24(38)18-35-28(39)25(26(31)34(30(35)40)17-20-11-5-2-6-12-20)23(37)19-42-29-33-32-27(21-13-7-3-8-14-21)36(29)22-15-9-4-10-16-22/h2-16H,17-19,31H2,1H3. The molecular weight excluding hydrogens is 556 g/mol. The van der Waals surface area contributed by atoms with E-state index in [0.717, 1.165) is 34.7 Å². The molecule has 2 aromatic heterocycles. The van der Waals surface area contributed by atoms with E-state index < -0.39 is 35.1 Å². The third kappa shape index (κ3) is 5.79. The summed E-state index contributed by atoms with van der Waals surface area (Å²) in [5.41, 5.74) is 6.45. The van der Waals surface area contributed by atoms with Gasteiger partial charge in [-0.15, -0.1) is 10.2 Å². The van der Waals surface area contributed by atoms with Crippen LogP contribution in [-0.4, -0.2) is 48.5 Å². The van der Waals surface area contributed by atoms with Gasteiger partial charge in [-0.25, -0.2) is 9.36 Å². The van der Waals surface area contributed by atoms with Gasteiger partial charge in [-0.3, -0.25) is 23.5 Å². The fourth-order valence-electron chi connectivity index (χ4n) is 4.38. The van der Waals surface area contributed by atoms with Crippen LogP contribution in [0.15, 0.2) is 106 Å². The number of ether oxygens (including phenoxy) is 1. The van der Waals surface area contributed by atoms with Crippen LogP contribution in [0.1, 0.15) is 15.9 Å². The van der Waals surface area contributed by atoms with E-state index in [-0.39, 0.29) is 18.1 Å². The zero-order chi connectivity index (χ0) is 29.6. The molecule has 12 heteroatoms. The Kier molecular flexibility index (Phi) is 8.44. The number of esters is 1. The zero-order valence-electron chi connectivity index (χ0n) is 22.5. The van der Waals surface area contributed by atoms with Crippen LogP contribution in [0, 0.1) is 0 Å². The first-order valence-electron chi connectivity index (χ1n) is 12.8. The second-order valence-corrected chi connectivity index (χ2v) is 10.1. The summed E-state index contributed by atoms with van der Waals surface area (Å²) < 4.78 is 8.27. The maximum Gasteiger partial charge on any atom is 0.333 e. The zero-order valence-corrected chi connectivity index (χ0v) is 23.4. The van der Waals surface area contributed by atoms with E-state index in [4.69, 9.17) is 5.73 Å². The van der Waals surface area contributed by atoms with Crippen molar-refractivity contribution in [3.63, 3.8) is 0 Å². The van der Waals surface area contributed by atoms with Crippen molar-refractivity contribution < 1.29 is 14.3 Å². The van der Waals surface area contributed by atoms with Crippen molar-refractivity contribution >= 4 is 29.3 Å². The number of para-hydroxylation sites is 1. The highest BCUT2D eigenvalue weighted by atomic mass is 32.2. The molecule has 0 bridgehead atoms. The number of carbonyl (C=O) groups excluding carboxylic acids is 2. The van der Waals surface area contributed by atoms with Crippen LogP contribution in [0.3, 0.4) is 0 Å². The van der Waals surface area contributed by atoms with Crippen LogP contribution in [0.5, 0.6) is 0 Å². The van der Waals surface area contributed by atoms with E-state index >= 15 is 0 Å². The molecule has 0 fully saturated rings. The summed E-state index contributed by atoms with van der Waals surface area (Å²) in [6.45, 7) is -0.678. The molecule has 0 atom stereocenters. The Labute approximate surface area is 244 Å². The maximum absolute atomic E-state index is 13.6. The van der Waals surface area contributed by atoms with Crippen LogP contribution >= 0.6 is 11.8 Å². The van der Waals surface area contributed by atoms with E-state index in [0.29, 0.717) is 21.1 Å². The predicted octanol–water partition coefficient (Wildman–Crippen LogP) is 3.04. The number of hydrogen-bond donors (Lipinski definition) is 1. The summed E-state index contributed by atoms with van der Waals surface area (Å²) in [5.74, 6) is -1.39. The lowest BCUT2D eigenvalue weighted by molar-refractivity contribution is -0.141. The van der Waals surface area contributed by atoms with Gasteiger partial charge in [0, 0.05) is 11.3 Å². The Hall–Kier alpha value is -5.23. The predicted molar refractivity (Wildman–Crippen MR) is 159 cm³/mol. The van der Waals surface area contributed by atoms with Crippen LogP contribution in [0.2, 0.25) is 0 Å². The normalized spacial score (nSPS) is 10.9. The minimum Gasteiger partial charge on any atom is -0.468 e. The molecule has 0 aliphatic heterocycles. The van der Waals surface area contributed by atoms with Gasteiger partial charge in [0.15, 0.2) is 16.8 Å². The Balaban J connectivity index is 1.53. The number of rotatable bonds is 10. The van der Waals surface area contributed by atoms with E-state index in [1.54, 1.807) is 24.3 Å². The third-order valence-electron chi connectivity index (χ3n) is 6.46. The monoisotopic (exact) mass is 582 g/mol. The summed E-state index contributed by atoms with van der Waals surface area (Å²) >= 11 is 1.07. The second-order valence-electron chi connectivity index (χ2n) is 9.14. The number of nitrogens with two attached hydrogens (primary N) is 1. The molecule has 0 aliphatic rings. The molecule has 0 saturated heterocycles. The molecular formula is C30H26N6O5S. The Morgan fingerprint density at radius 2 is 1.48 bits per heavy atom. The number of nitrogens with zero attached hydrogens (tertiary/aromatic N) is 5. The molecule has 2 N–H and O–H groups in total. The first-order chi connectivity index (χ1) is 20.4. The molecule has 5 rings (SSSR count). The molecule has 2 heterocycles. The summed E-state index contributed by atoms with van der Waals surface area (Å²) in [6.07, 6.45) is 0. The fraction of sp³-hybridized carbons (Fsp3) is 0.133. The van der Waals surface area contributed by atoms with Gasteiger partial charge in [0.05, 0.1) is 19.4 Å². The van der Waals surface area contributed by atoms with Crippen LogP contribution in [-0.2, 0) is 22.6 Å². The van der Waals surface area contributed by atoms with Crippen molar-refractivity contribution in [1.29, 1.82) is 0 Å². The first-order valence-corrected chi connectivity index (χ1v) is 13.8. The number of benzene rings is 3. The summed E-state index contributed by atoms with van der Waals surface area (Å²) in [5, 5.41) is 9.11. The van der Waals surface area contributed by atoms with Crippen molar-refractivity contribution in [3.8, 4) is 17.1 Å². The summed E-state index contributed by atoms with van der Waals surface area (Å²) in [4.78, 5) is 52.3. The number of Topliss-reactive ketones (excluding diaryl/α,β-unsaturated/α-hetero) is 1. The molecule has 5 aromatic rings. The lowest BCUT2D eigenvalue weighted by Gasteiger charge is -2.16. The first kappa shape index (κ1) is 28.3. The molecule has 11 nitrogen and oxygen atoms in total. The Morgan fingerprint density at radius 1 is 0.857 bits per heavy atom. The number of methoxy groups -OCH3 is 1. The summed E-state index contributed by atoms with van der Waals surface area (Å²) in [7, 11) is 1.14. The van der Waals surface area contributed by atoms with Gasteiger partial charge < -0.3 is 10.5 Å². The highest BCUT2D eigenvalue weighted by molar-refractivity contribution is 7.99. The highest BCUT2D eigenvalue weighted by Crippen LogP contribution is 2.28. The van der Waals surface area contributed by atoms with Gasteiger partial charge >= 0.3 is 11.7 Å². The van der Waals surface area contributed by atoms with Crippen molar-refractivity contribution in [2.45, 2.75) is 18.2 Å². The van der Waals surface area contributed by atoms with Crippen molar-refractivity contribution in [2.75, 3.05) is 18.6 Å². The minimum absolute atomic E-state index is 0.0108. The lowest BCUT2D eigenvalue weighted by atomic mass is 10.2. The number of thioether (sulfide) groups is 1. The SMILES string of the molecule is COC(=O)Cn1c(=O)c(C(=O)CSc2nnc(-c3ccccc3)n2-c2ccccc2)c(N)n(Cc2ccccc2)c1=O. The molecule has 0 amide bonds. The van der Waals surface area contributed by atoms with Crippen LogP contribution < -0.4 is 17.0 Å². The van der Waals surface area contributed by atoms with Gasteiger partial charge in [0.2, 0.25) is 0 Å². The number of anilines is 1. The molecule has 212 valence electrons. The lowest BCUT2D eigenvalue weighted by Crippen LogP contribution is -2.45. The number of carbonyl (C=O) groups is 2. The maximum atomic E-state index is 13.6. The Bertz CT molecular complexity index is 1850. The van der Waals surface area contributed by atoms with Gasteiger partial charge in [-0.2, -0.15) is 0 Å². The van der Waals surface area contributed by atoms with Crippen molar-refractivity contribution in [3.05, 3.63) is 123 Å². The number of aromatic nitrogens is 5. The number of hydrogen-bond acceptors (Lipinski definition) is 9. The van der Waals surface area contributed by atoms with Gasteiger partial charge in [-0.05, 0) is 17.7 Å². The number of ketones is 1.